The van der Waals surface area contributed by atoms with Gasteiger partial charge in [-0.1, -0.05) is 13.8 Å². The molecule has 0 fully saturated rings. The van der Waals surface area contributed by atoms with E-state index in [1.807, 2.05) is 19.2 Å². The van der Waals surface area contributed by atoms with E-state index >= 15 is 0 Å². The Morgan fingerprint density at radius 2 is 2.17 bits per heavy atom. The minimum atomic E-state index is -0.741. The number of aromatic nitrogens is 2. The largest absolute Gasteiger partial charge is 0.387 e. The summed E-state index contributed by atoms with van der Waals surface area (Å²) in [7, 11) is 0. The highest BCUT2D eigenvalue weighted by molar-refractivity contribution is 9.10. The number of hydrogen-bond donors (Lipinski definition) is 2. The van der Waals surface area contributed by atoms with Crippen LogP contribution in [0.3, 0.4) is 0 Å². The second kappa shape index (κ2) is 6.73. The van der Waals surface area contributed by atoms with Crippen molar-refractivity contribution in [2.45, 2.75) is 32.3 Å². The SMILES string of the molecule is CSCC(C)(O)CNc1cc(Br)nc(C(C)C)n1. The first-order valence-corrected chi connectivity index (χ1v) is 8.02. The normalized spacial score (nSPS) is 14.6. The van der Waals surface area contributed by atoms with Crippen LogP contribution in [0, 0.1) is 0 Å². The van der Waals surface area contributed by atoms with Gasteiger partial charge in [-0.05, 0) is 29.1 Å². The quantitative estimate of drug-likeness (QED) is 0.784. The second-order valence-corrected chi connectivity index (χ2v) is 6.55. The summed E-state index contributed by atoms with van der Waals surface area (Å²) in [5, 5.41) is 13.2. The van der Waals surface area contributed by atoms with Crippen LogP contribution in [0.2, 0.25) is 0 Å². The molecule has 18 heavy (non-hydrogen) atoms. The standard InChI is InChI=1S/C12H20BrN3OS/c1-8(2)11-15-9(13)5-10(16-11)14-6-12(3,17)7-18-4/h5,8,17H,6-7H2,1-4H3,(H,14,15,16). The smallest absolute Gasteiger partial charge is 0.134 e. The summed E-state index contributed by atoms with van der Waals surface area (Å²) in [6.45, 7) is 6.38. The third-order valence-electron chi connectivity index (χ3n) is 2.33. The summed E-state index contributed by atoms with van der Waals surface area (Å²) in [6.07, 6.45) is 1.98. The molecule has 1 unspecified atom stereocenters. The third-order valence-corrected chi connectivity index (χ3v) is 3.65. The molecule has 0 amide bonds. The zero-order valence-corrected chi connectivity index (χ0v) is 13.6. The molecular weight excluding hydrogens is 314 g/mol. The molecule has 6 heteroatoms. The van der Waals surface area contributed by atoms with Crippen LogP contribution in [0.25, 0.3) is 0 Å². The average molecular weight is 334 g/mol. The predicted octanol–water partition coefficient (Wildman–Crippen LogP) is 2.89. The summed E-state index contributed by atoms with van der Waals surface area (Å²) in [6, 6.07) is 1.82. The van der Waals surface area contributed by atoms with Gasteiger partial charge in [-0.3, -0.25) is 0 Å². The van der Waals surface area contributed by atoms with Crippen LogP contribution < -0.4 is 5.32 Å². The number of nitrogens with one attached hydrogen (secondary N) is 1. The fourth-order valence-electron chi connectivity index (χ4n) is 1.43. The number of rotatable bonds is 6. The molecule has 1 heterocycles. The molecule has 1 aromatic rings. The number of anilines is 1. The maximum Gasteiger partial charge on any atom is 0.134 e. The van der Waals surface area contributed by atoms with Gasteiger partial charge in [-0.25, -0.2) is 9.97 Å². The van der Waals surface area contributed by atoms with Crippen LogP contribution in [-0.4, -0.2) is 39.2 Å². The van der Waals surface area contributed by atoms with E-state index in [-0.39, 0.29) is 5.92 Å². The van der Waals surface area contributed by atoms with E-state index in [0.29, 0.717) is 12.3 Å². The summed E-state index contributed by atoms with van der Waals surface area (Å²) >= 11 is 5.00. The van der Waals surface area contributed by atoms with Crippen molar-refractivity contribution in [1.29, 1.82) is 0 Å². The zero-order chi connectivity index (χ0) is 13.8. The number of hydrogen-bond acceptors (Lipinski definition) is 5. The first-order chi connectivity index (χ1) is 8.34. The Labute approximate surface area is 121 Å². The van der Waals surface area contributed by atoms with Gasteiger partial charge >= 0.3 is 0 Å². The fourth-order valence-corrected chi connectivity index (χ4v) is 2.55. The van der Waals surface area contributed by atoms with Gasteiger partial charge in [-0.15, -0.1) is 0 Å². The minimum absolute atomic E-state index is 0.273. The lowest BCUT2D eigenvalue weighted by molar-refractivity contribution is 0.0996. The van der Waals surface area contributed by atoms with Crippen molar-refractivity contribution >= 4 is 33.5 Å². The molecule has 0 bridgehead atoms. The molecule has 0 radical (unpaired) electrons. The van der Waals surface area contributed by atoms with Gasteiger partial charge in [-0.2, -0.15) is 11.8 Å². The van der Waals surface area contributed by atoms with Gasteiger partial charge in [0.1, 0.15) is 16.2 Å². The summed E-state index contributed by atoms with van der Waals surface area (Å²) in [5.41, 5.74) is -0.741. The molecule has 1 aromatic heterocycles. The molecule has 2 N–H and O–H groups in total. The molecule has 0 aliphatic rings. The Morgan fingerprint density at radius 1 is 1.50 bits per heavy atom. The van der Waals surface area contributed by atoms with E-state index in [2.05, 4.69) is 45.1 Å². The highest BCUT2D eigenvalue weighted by Crippen LogP contribution is 2.18. The predicted molar refractivity (Wildman–Crippen MR) is 81.3 cm³/mol. The van der Waals surface area contributed by atoms with Gasteiger partial charge in [0.15, 0.2) is 0 Å². The zero-order valence-electron chi connectivity index (χ0n) is 11.2. The maximum atomic E-state index is 10.1. The lowest BCUT2D eigenvalue weighted by atomic mass is 10.1. The molecule has 0 spiro atoms. The summed E-state index contributed by atoms with van der Waals surface area (Å²) < 4.78 is 0.758. The van der Waals surface area contributed by atoms with E-state index < -0.39 is 5.60 Å². The molecule has 0 saturated heterocycles. The Kier molecular flexibility index (Phi) is 5.88. The molecule has 0 aromatic carbocycles. The van der Waals surface area contributed by atoms with Gasteiger partial charge in [0.05, 0.1) is 5.60 Å². The topological polar surface area (TPSA) is 58.0 Å². The Morgan fingerprint density at radius 3 is 2.72 bits per heavy atom. The van der Waals surface area contributed by atoms with Crippen molar-refractivity contribution in [3.8, 4) is 0 Å². The second-order valence-electron chi connectivity index (χ2n) is 4.87. The monoisotopic (exact) mass is 333 g/mol. The Hall–Kier alpha value is -0.330. The van der Waals surface area contributed by atoms with Crippen molar-refractivity contribution in [2.24, 2.45) is 0 Å². The molecule has 1 rings (SSSR count). The molecular formula is C12H20BrN3OS. The highest BCUT2D eigenvalue weighted by atomic mass is 79.9. The van der Waals surface area contributed by atoms with E-state index in [1.165, 1.54) is 0 Å². The van der Waals surface area contributed by atoms with Crippen molar-refractivity contribution in [3.05, 3.63) is 16.5 Å². The maximum absolute atomic E-state index is 10.1. The van der Waals surface area contributed by atoms with Crippen LogP contribution in [0.1, 0.15) is 32.5 Å². The van der Waals surface area contributed by atoms with Crippen molar-refractivity contribution in [2.75, 3.05) is 23.9 Å². The van der Waals surface area contributed by atoms with Crippen LogP contribution in [0.5, 0.6) is 0 Å². The van der Waals surface area contributed by atoms with Gasteiger partial charge < -0.3 is 10.4 Å². The molecule has 102 valence electrons. The van der Waals surface area contributed by atoms with Crippen LogP contribution in [-0.2, 0) is 0 Å². The van der Waals surface area contributed by atoms with Crippen LogP contribution in [0.4, 0.5) is 5.82 Å². The fraction of sp³-hybridized carbons (Fsp3) is 0.667. The van der Waals surface area contributed by atoms with Crippen LogP contribution in [0.15, 0.2) is 10.7 Å². The number of nitrogens with zero attached hydrogens (tertiary/aromatic N) is 2. The van der Waals surface area contributed by atoms with E-state index in [4.69, 9.17) is 0 Å². The van der Waals surface area contributed by atoms with E-state index in [9.17, 15) is 5.11 Å². The van der Waals surface area contributed by atoms with Gasteiger partial charge in [0.25, 0.3) is 0 Å². The Bertz CT molecular complexity index is 399. The Balaban J connectivity index is 2.73. The lowest BCUT2D eigenvalue weighted by Gasteiger charge is -2.23. The average Bonchev–Trinajstić information content (AvgIpc) is 2.26. The van der Waals surface area contributed by atoms with Crippen molar-refractivity contribution < 1.29 is 5.11 Å². The van der Waals surface area contributed by atoms with Crippen molar-refractivity contribution in [3.63, 3.8) is 0 Å². The molecule has 4 nitrogen and oxygen atoms in total. The van der Waals surface area contributed by atoms with Gasteiger partial charge in [0.2, 0.25) is 0 Å². The molecule has 1 atom stereocenters. The molecule has 0 saturated carbocycles. The lowest BCUT2D eigenvalue weighted by Crippen LogP contribution is -2.36. The minimum Gasteiger partial charge on any atom is -0.387 e. The van der Waals surface area contributed by atoms with E-state index in [1.54, 1.807) is 11.8 Å². The van der Waals surface area contributed by atoms with Gasteiger partial charge in [0, 0.05) is 24.3 Å². The van der Waals surface area contributed by atoms with Crippen LogP contribution >= 0.6 is 27.7 Å². The number of thioether (sulfide) groups is 1. The highest BCUT2D eigenvalue weighted by Gasteiger charge is 2.19. The third kappa shape index (κ3) is 5.12. The first kappa shape index (κ1) is 15.7. The molecule has 0 aliphatic heterocycles. The molecule has 0 aliphatic carbocycles. The summed E-state index contributed by atoms with van der Waals surface area (Å²) in [4.78, 5) is 8.74. The first-order valence-electron chi connectivity index (χ1n) is 5.84. The van der Waals surface area contributed by atoms with Crippen molar-refractivity contribution in [1.82, 2.24) is 9.97 Å². The summed E-state index contributed by atoms with van der Waals surface area (Å²) in [5.74, 6) is 2.48. The number of aliphatic hydroxyl groups is 1. The van der Waals surface area contributed by atoms with E-state index in [0.717, 1.165) is 16.2 Å². The number of halogens is 1.